The number of nitrogens with two attached hydrogens (primary N) is 4. The van der Waals surface area contributed by atoms with Crippen LogP contribution in [0, 0.1) is 0 Å². The largest absolute Gasteiger partial charge is 0.370 e. The number of likely N-dealkylation sites (tertiary alicyclic amines) is 1. The maximum absolute atomic E-state index is 13.4. The Labute approximate surface area is 240 Å². The van der Waals surface area contributed by atoms with Gasteiger partial charge in [0.15, 0.2) is 5.96 Å². The molecule has 1 heterocycles. The third-order valence-corrected chi connectivity index (χ3v) is 6.83. The first-order valence-electron chi connectivity index (χ1n) is 13.8. The van der Waals surface area contributed by atoms with Crippen molar-refractivity contribution in [2.75, 3.05) is 38.6 Å². The second-order valence-electron chi connectivity index (χ2n) is 9.81. The number of alkyl halides is 1. The van der Waals surface area contributed by atoms with Gasteiger partial charge in [-0.3, -0.25) is 29.0 Å². The van der Waals surface area contributed by atoms with Crippen LogP contribution in [0.2, 0.25) is 0 Å². The van der Waals surface area contributed by atoms with Crippen LogP contribution in [-0.2, 0) is 24.0 Å². The summed E-state index contributed by atoms with van der Waals surface area (Å²) in [4.78, 5) is 70.5. The van der Waals surface area contributed by atoms with E-state index in [9.17, 15) is 24.0 Å². The fourth-order valence-corrected chi connectivity index (χ4v) is 4.62. The number of amides is 5. The summed E-state index contributed by atoms with van der Waals surface area (Å²) >= 11 is 5.72. The van der Waals surface area contributed by atoms with Gasteiger partial charge in [0, 0.05) is 19.6 Å². The Bertz CT molecular complexity index is 885. The maximum atomic E-state index is 13.4. The molecular weight excluding hydrogens is 542 g/mol. The molecule has 0 aromatic heterocycles. The average Bonchev–Trinajstić information content (AvgIpc) is 3.41. The highest BCUT2D eigenvalue weighted by molar-refractivity contribution is 6.27. The van der Waals surface area contributed by atoms with Gasteiger partial charge >= 0.3 is 0 Å². The van der Waals surface area contributed by atoms with Crippen LogP contribution in [0.25, 0.3) is 0 Å². The van der Waals surface area contributed by atoms with Crippen molar-refractivity contribution in [1.29, 1.82) is 0 Å². The normalized spacial score (nSPS) is 16.1. The zero-order valence-electron chi connectivity index (χ0n) is 23.4. The Morgan fingerprint density at radius 1 is 1.02 bits per heavy atom. The van der Waals surface area contributed by atoms with Crippen LogP contribution < -0.4 is 33.6 Å². The van der Waals surface area contributed by atoms with Gasteiger partial charge in [-0.15, -0.1) is 11.6 Å². The molecule has 15 heteroatoms. The molecule has 10 N–H and O–H groups in total. The summed E-state index contributed by atoms with van der Waals surface area (Å²) in [6.45, 7) is 3.12. The summed E-state index contributed by atoms with van der Waals surface area (Å²) in [7, 11) is 0. The molecule has 5 amide bonds. The minimum Gasteiger partial charge on any atom is -0.370 e. The van der Waals surface area contributed by atoms with Gasteiger partial charge in [-0.2, -0.15) is 0 Å². The summed E-state index contributed by atoms with van der Waals surface area (Å²) < 4.78 is 0. The molecule has 1 saturated heterocycles. The van der Waals surface area contributed by atoms with E-state index in [4.69, 9.17) is 34.5 Å². The number of nitrogens with one attached hydrogen (secondary N) is 2. The summed E-state index contributed by atoms with van der Waals surface area (Å²) in [5, 5.41) is 5.31. The van der Waals surface area contributed by atoms with Crippen LogP contribution in [0.5, 0.6) is 0 Å². The number of unbranched alkanes of at least 4 members (excludes halogenated alkanes) is 2. The van der Waals surface area contributed by atoms with Gasteiger partial charge in [-0.05, 0) is 57.9 Å². The third kappa shape index (κ3) is 12.4. The minimum absolute atomic E-state index is 0.0833. The highest BCUT2D eigenvalue weighted by atomic mass is 35.5. The molecule has 1 aliphatic rings. The van der Waals surface area contributed by atoms with Crippen LogP contribution in [0.4, 0.5) is 0 Å². The number of nitrogens with zero attached hydrogens (tertiary/aromatic N) is 3. The monoisotopic (exact) mass is 587 g/mol. The van der Waals surface area contributed by atoms with Gasteiger partial charge in [0.05, 0.1) is 6.54 Å². The lowest BCUT2D eigenvalue weighted by atomic mass is 10.1. The number of hydrogen-bond acceptors (Lipinski definition) is 7. The molecule has 0 bridgehead atoms. The molecule has 0 spiro atoms. The molecule has 40 heavy (non-hydrogen) atoms. The topological polar surface area (TPSA) is 232 Å². The molecule has 0 saturated carbocycles. The molecule has 1 fully saturated rings. The predicted molar refractivity (Wildman–Crippen MR) is 153 cm³/mol. The average molecular weight is 588 g/mol. The summed E-state index contributed by atoms with van der Waals surface area (Å²) in [5.41, 5.74) is 21.7. The predicted octanol–water partition coefficient (Wildman–Crippen LogP) is -1.52. The van der Waals surface area contributed by atoms with E-state index in [1.165, 1.54) is 9.80 Å². The smallest absolute Gasteiger partial charge is 0.245 e. The zero-order chi connectivity index (χ0) is 30.1. The fourth-order valence-electron chi connectivity index (χ4n) is 4.46. The first kappa shape index (κ1) is 34.9. The van der Waals surface area contributed by atoms with Crippen molar-refractivity contribution in [3.05, 3.63) is 0 Å². The van der Waals surface area contributed by atoms with Gasteiger partial charge in [0.1, 0.15) is 24.0 Å². The van der Waals surface area contributed by atoms with E-state index in [-0.39, 0.29) is 49.6 Å². The molecule has 0 aliphatic carbocycles. The minimum atomic E-state index is -0.981. The number of carbonyl (C=O) groups excluding carboxylic acids is 5. The van der Waals surface area contributed by atoms with Crippen molar-refractivity contribution in [2.24, 2.45) is 27.9 Å². The van der Waals surface area contributed by atoms with Crippen LogP contribution >= 0.6 is 11.6 Å². The van der Waals surface area contributed by atoms with Crippen LogP contribution in [0.15, 0.2) is 4.99 Å². The van der Waals surface area contributed by atoms with E-state index in [1.54, 1.807) is 0 Å². The summed E-state index contributed by atoms with van der Waals surface area (Å²) in [6, 6.07) is -2.62. The van der Waals surface area contributed by atoms with Crippen molar-refractivity contribution in [1.82, 2.24) is 20.4 Å². The zero-order valence-corrected chi connectivity index (χ0v) is 24.2. The van der Waals surface area contributed by atoms with E-state index >= 15 is 0 Å². The van der Waals surface area contributed by atoms with Crippen molar-refractivity contribution in [3.8, 4) is 0 Å². The molecule has 0 unspecified atom stereocenters. The van der Waals surface area contributed by atoms with Crippen molar-refractivity contribution in [2.45, 2.75) is 82.8 Å². The Hall–Kier alpha value is -3.13. The molecule has 0 radical (unpaired) electrons. The lowest BCUT2D eigenvalue weighted by Crippen LogP contribution is -2.55. The number of carbonyl (C=O) groups is 5. The molecule has 1 aliphatic heterocycles. The number of hydrogen-bond donors (Lipinski definition) is 6. The van der Waals surface area contributed by atoms with E-state index in [1.807, 2.05) is 6.92 Å². The first-order chi connectivity index (χ1) is 19.0. The lowest BCUT2D eigenvalue weighted by molar-refractivity contribution is -0.144. The van der Waals surface area contributed by atoms with Crippen LogP contribution in [-0.4, -0.2) is 102 Å². The lowest BCUT2D eigenvalue weighted by Gasteiger charge is -2.30. The highest BCUT2D eigenvalue weighted by Crippen LogP contribution is 2.20. The fraction of sp³-hybridized carbons (Fsp3) is 0.760. The SMILES string of the molecule is CCCCN(CC(=O)N[C@@H](CCCCN)C(=O)N[C@@H](CCCN=C(N)N)C(N)=O)C(=O)[C@@H]1CCCN1C(=O)CCl. The Kier molecular flexibility index (Phi) is 16.6. The van der Waals surface area contributed by atoms with Gasteiger partial charge in [0.25, 0.3) is 0 Å². The number of primary amides is 1. The Morgan fingerprint density at radius 2 is 1.73 bits per heavy atom. The van der Waals surface area contributed by atoms with Crippen molar-refractivity contribution < 1.29 is 24.0 Å². The second-order valence-corrected chi connectivity index (χ2v) is 10.1. The van der Waals surface area contributed by atoms with Crippen LogP contribution in [0.1, 0.15) is 64.7 Å². The number of guanidine groups is 1. The molecule has 0 aromatic rings. The number of rotatable bonds is 19. The number of halogens is 1. The van der Waals surface area contributed by atoms with Crippen LogP contribution in [0.3, 0.4) is 0 Å². The van der Waals surface area contributed by atoms with Crippen molar-refractivity contribution in [3.63, 3.8) is 0 Å². The summed E-state index contributed by atoms with van der Waals surface area (Å²) in [5.74, 6) is -2.78. The van der Waals surface area contributed by atoms with E-state index in [0.29, 0.717) is 58.2 Å². The quantitative estimate of drug-likeness (QED) is 0.0448. The van der Waals surface area contributed by atoms with E-state index in [0.717, 1.165) is 6.42 Å². The maximum Gasteiger partial charge on any atom is 0.245 e. The Balaban J connectivity index is 2.94. The standard InChI is InChI=1S/C25H46ClN9O5/c1-2-3-13-34(24(40)19-10-7-14-35(19)21(37)15-26)16-20(36)32-18(8-4-5-11-27)23(39)33-17(22(28)38)9-6-12-31-25(29)30/h17-19H,2-16,27H2,1H3,(H2,28,38)(H,32,36)(H,33,39)(H4,29,30,31)/t17-,18-,19-/m0/s1. The summed E-state index contributed by atoms with van der Waals surface area (Å²) in [6.07, 6.45) is 4.68. The third-order valence-electron chi connectivity index (χ3n) is 6.60. The molecule has 228 valence electrons. The second kappa shape index (κ2) is 19.0. The molecule has 1 rings (SSSR count). The first-order valence-corrected chi connectivity index (χ1v) is 14.4. The van der Waals surface area contributed by atoms with Gasteiger partial charge in [-0.1, -0.05) is 13.3 Å². The highest BCUT2D eigenvalue weighted by Gasteiger charge is 2.37. The van der Waals surface area contributed by atoms with Gasteiger partial charge in [0.2, 0.25) is 29.5 Å². The molecular formula is C25H46ClN9O5. The van der Waals surface area contributed by atoms with E-state index < -0.39 is 35.8 Å². The molecule has 3 atom stereocenters. The van der Waals surface area contributed by atoms with Gasteiger partial charge in [-0.25, -0.2) is 0 Å². The molecule has 0 aromatic carbocycles. The van der Waals surface area contributed by atoms with Gasteiger partial charge < -0.3 is 43.4 Å². The van der Waals surface area contributed by atoms with E-state index in [2.05, 4.69) is 15.6 Å². The van der Waals surface area contributed by atoms with Crippen molar-refractivity contribution >= 4 is 47.1 Å². The Morgan fingerprint density at radius 3 is 2.33 bits per heavy atom. The molecule has 14 nitrogen and oxygen atoms in total. The number of aliphatic imine (C=N–C) groups is 1.